The first-order valence-electron chi connectivity index (χ1n) is 3.45. The second-order valence-corrected chi connectivity index (χ2v) is 3.35. The summed E-state index contributed by atoms with van der Waals surface area (Å²) in [6.45, 7) is 1.60. The third kappa shape index (κ3) is 1.97. The molecule has 2 N–H and O–H groups in total. The van der Waals surface area contributed by atoms with E-state index in [0.29, 0.717) is 5.56 Å². The smallest absolute Gasteiger partial charge is 0.423 e. The predicted molar refractivity (Wildman–Crippen MR) is 51.0 cm³/mol. The van der Waals surface area contributed by atoms with E-state index in [1.54, 1.807) is 6.92 Å². The maximum Gasteiger partial charge on any atom is 0.491 e. The maximum atomic E-state index is 13.2. The van der Waals surface area contributed by atoms with Crippen LogP contribution in [0.15, 0.2) is 6.07 Å². The van der Waals surface area contributed by atoms with Crippen LogP contribution in [-0.4, -0.2) is 17.2 Å². The second kappa shape index (κ2) is 3.84. The highest BCUT2D eigenvalue weighted by Gasteiger charge is 2.21. The van der Waals surface area contributed by atoms with Gasteiger partial charge in [-0.05, 0) is 12.5 Å². The largest absolute Gasteiger partial charge is 0.491 e. The summed E-state index contributed by atoms with van der Waals surface area (Å²) in [5, 5.41) is 17.3. The lowest BCUT2D eigenvalue weighted by Gasteiger charge is -2.07. The molecule has 2 nitrogen and oxygen atoms in total. The van der Waals surface area contributed by atoms with Crippen LogP contribution in [0.3, 0.4) is 0 Å². The average Bonchev–Trinajstić information content (AvgIpc) is 2.07. The van der Waals surface area contributed by atoms with Crippen molar-refractivity contribution in [3.8, 4) is 0 Å². The molecule has 13 heavy (non-hydrogen) atoms. The normalized spacial score (nSPS) is 10.3. The van der Waals surface area contributed by atoms with E-state index in [4.69, 9.17) is 33.2 Å². The van der Waals surface area contributed by atoms with Gasteiger partial charge in [-0.15, -0.1) is 0 Å². The molecule has 0 fully saturated rings. The van der Waals surface area contributed by atoms with Crippen molar-refractivity contribution in [1.82, 2.24) is 0 Å². The molecule has 0 bridgehead atoms. The Balaban J connectivity index is 3.41. The van der Waals surface area contributed by atoms with E-state index in [0.717, 1.165) is 0 Å². The number of halogens is 3. The highest BCUT2D eigenvalue weighted by molar-refractivity contribution is 6.59. The van der Waals surface area contributed by atoms with Crippen molar-refractivity contribution in [2.75, 3.05) is 0 Å². The summed E-state index contributed by atoms with van der Waals surface area (Å²) < 4.78 is 13.2. The molecular weight excluding hydrogens is 217 g/mol. The van der Waals surface area contributed by atoms with Crippen LogP contribution in [0.4, 0.5) is 4.39 Å². The van der Waals surface area contributed by atoms with E-state index in [-0.39, 0.29) is 15.5 Å². The number of rotatable bonds is 1. The summed E-state index contributed by atoms with van der Waals surface area (Å²) in [4.78, 5) is 0. The fraction of sp³-hybridized carbons (Fsp3) is 0.143. The Morgan fingerprint density at radius 1 is 1.31 bits per heavy atom. The predicted octanol–water partition coefficient (Wildman–Crippen LogP) is 1.12. The molecule has 0 heterocycles. The average molecular weight is 223 g/mol. The van der Waals surface area contributed by atoms with Crippen LogP contribution in [0, 0.1) is 12.7 Å². The van der Waals surface area contributed by atoms with Gasteiger partial charge in [0.1, 0.15) is 5.82 Å². The second-order valence-electron chi connectivity index (χ2n) is 2.60. The first-order valence-corrected chi connectivity index (χ1v) is 4.21. The summed E-state index contributed by atoms with van der Waals surface area (Å²) in [6.07, 6.45) is 0. The van der Waals surface area contributed by atoms with Crippen molar-refractivity contribution in [2.45, 2.75) is 6.92 Å². The van der Waals surface area contributed by atoms with Crippen molar-refractivity contribution < 1.29 is 14.4 Å². The molecule has 0 atom stereocenters. The van der Waals surface area contributed by atoms with Gasteiger partial charge in [0.05, 0.1) is 10.0 Å². The molecule has 0 aromatic heterocycles. The third-order valence-electron chi connectivity index (χ3n) is 1.64. The SMILES string of the molecule is Cc1cc(B(O)O)c(F)c(Cl)c1Cl. The molecule has 1 aromatic carbocycles. The Bertz CT molecular complexity index is 344. The van der Waals surface area contributed by atoms with Crippen LogP contribution in [0.25, 0.3) is 0 Å². The van der Waals surface area contributed by atoms with E-state index in [1.807, 2.05) is 0 Å². The highest BCUT2D eigenvalue weighted by Crippen LogP contribution is 2.26. The maximum absolute atomic E-state index is 13.2. The quantitative estimate of drug-likeness (QED) is 0.553. The Morgan fingerprint density at radius 3 is 2.31 bits per heavy atom. The van der Waals surface area contributed by atoms with Gasteiger partial charge in [-0.25, -0.2) is 4.39 Å². The lowest BCUT2D eigenvalue weighted by Crippen LogP contribution is -2.33. The van der Waals surface area contributed by atoms with E-state index >= 15 is 0 Å². The Labute approximate surface area is 85.0 Å². The topological polar surface area (TPSA) is 40.5 Å². The molecule has 0 unspecified atom stereocenters. The molecule has 0 aliphatic rings. The van der Waals surface area contributed by atoms with Gasteiger partial charge in [0.15, 0.2) is 0 Å². The summed E-state index contributed by atoms with van der Waals surface area (Å²) in [6, 6.07) is 1.24. The van der Waals surface area contributed by atoms with Crippen molar-refractivity contribution in [3.05, 3.63) is 27.5 Å². The molecular formula is C7H6BCl2FO2. The summed E-state index contributed by atoms with van der Waals surface area (Å²) in [5.41, 5.74) is 0.225. The van der Waals surface area contributed by atoms with Crippen molar-refractivity contribution >= 4 is 35.8 Å². The Hall–Kier alpha value is -0.285. The number of hydrogen-bond donors (Lipinski definition) is 2. The van der Waals surface area contributed by atoms with Crippen molar-refractivity contribution in [2.24, 2.45) is 0 Å². The lowest BCUT2D eigenvalue weighted by atomic mass is 9.79. The van der Waals surface area contributed by atoms with Gasteiger partial charge in [0.2, 0.25) is 0 Å². The van der Waals surface area contributed by atoms with Crippen LogP contribution in [-0.2, 0) is 0 Å². The molecule has 1 rings (SSSR count). The van der Waals surface area contributed by atoms with Gasteiger partial charge in [0, 0.05) is 5.46 Å². The van der Waals surface area contributed by atoms with Gasteiger partial charge >= 0.3 is 7.12 Å². The molecule has 0 saturated carbocycles. The Morgan fingerprint density at radius 2 is 1.85 bits per heavy atom. The zero-order valence-electron chi connectivity index (χ0n) is 6.68. The van der Waals surface area contributed by atoms with E-state index in [1.165, 1.54) is 6.07 Å². The van der Waals surface area contributed by atoms with Gasteiger partial charge in [-0.3, -0.25) is 0 Å². The van der Waals surface area contributed by atoms with Crippen LogP contribution >= 0.6 is 23.2 Å². The molecule has 0 saturated heterocycles. The summed E-state index contributed by atoms with van der Waals surface area (Å²) in [7, 11) is -1.88. The van der Waals surface area contributed by atoms with Gasteiger partial charge < -0.3 is 10.0 Å². The molecule has 0 amide bonds. The van der Waals surface area contributed by atoms with E-state index < -0.39 is 12.9 Å². The zero-order chi connectivity index (χ0) is 10.2. The van der Waals surface area contributed by atoms with Crippen LogP contribution < -0.4 is 5.46 Å². The highest BCUT2D eigenvalue weighted by atomic mass is 35.5. The lowest BCUT2D eigenvalue weighted by molar-refractivity contribution is 0.423. The van der Waals surface area contributed by atoms with Crippen LogP contribution in [0.1, 0.15) is 5.56 Å². The van der Waals surface area contributed by atoms with Crippen LogP contribution in [0.2, 0.25) is 10.0 Å². The van der Waals surface area contributed by atoms with Crippen molar-refractivity contribution in [1.29, 1.82) is 0 Å². The van der Waals surface area contributed by atoms with Gasteiger partial charge in [-0.1, -0.05) is 29.3 Å². The Kier molecular flexibility index (Phi) is 3.19. The van der Waals surface area contributed by atoms with E-state index in [2.05, 4.69) is 0 Å². The number of hydrogen-bond acceptors (Lipinski definition) is 2. The standard InChI is InChI=1S/C7H6BCl2FO2/c1-3-2-4(8(12)13)7(11)6(10)5(3)9/h2,12-13H,1H3. The summed E-state index contributed by atoms with van der Waals surface area (Å²) >= 11 is 11.1. The molecule has 0 aliphatic carbocycles. The third-order valence-corrected chi connectivity index (χ3v) is 2.57. The fourth-order valence-electron chi connectivity index (χ4n) is 0.944. The number of aryl methyl sites for hydroxylation is 1. The first-order chi connectivity index (χ1) is 5.95. The zero-order valence-corrected chi connectivity index (χ0v) is 8.19. The molecule has 1 aromatic rings. The molecule has 0 spiro atoms. The summed E-state index contributed by atoms with van der Waals surface area (Å²) in [5.74, 6) is -0.896. The van der Waals surface area contributed by atoms with Crippen LogP contribution in [0.5, 0.6) is 0 Å². The number of benzene rings is 1. The minimum atomic E-state index is -1.88. The minimum Gasteiger partial charge on any atom is -0.423 e. The van der Waals surface area contributed by atoms with E-state index in [9.17, 15) is 4.39 Å². The van der Waals surface area contributed by atoms with Crippen molar-refractivity contribution in [3.63, 3.8) is 0 Å². The van der Waals surface area contributed by atoms with Gasteiger partial charge in [-0.2, -0.15) is 0 Å². The molecule has 6 heteroatoms. The first kappa shape index (κ1) is 10.8. The van der Waals surface area contributed by atoms with Gasteiger partial charge in [0.25, 0.3) is 0 Å². The minimum absolute atomic E-state index is 0.0866. The fourth-order valence-corrected chi connectivity index (χ4v) is 1.34. The molecule has 0 radical (unpaired) electrons. The monoisotopic (exact) mass is 222 g/mol. The molecule has 70 valence electrons. The molecule has 0 aliphatic heterocycles.